The van der Waals surface area contributed by atoms with Crippen molar-refractivity contribution in [2.45, 2.75) is 23.8 Å². The number of hydrogen-bond acceptors (Lipinski definition) is 6. The number of nitrogen functional groups attached to an aromatic ring is 1. The normalized spacial score (nSPS) is 20.9. The molecule has 0 bridgehead atoms. The molecular formula is C9H13N5O4S. The maximum Gasteiger partial charge on any atom is 0.247 e. The topological polar surface area (TPSA) is 138 Å². The maximum absolute atomic E-state index is 12.0. The minimum atomic E-state index is -3.95. The van der Waals surface area contributed by atoms with Gasteiger partial charge in [0.15, 0.2) is 0 Å². The Kier molecular flexibility index (Phi) is 3.28. The molecule has 1 fully saturated rings. The first-order valence-electron chi connectivity index (χ1n) is 5.44. The van der Waals surface area contributed by atoms with Crippen molar-refractivity contribution in [1.82, 2.24) is 19.8 Å². The van der Waals surface area contributed by atoms with Crippen LogP contribution >= 0.6 is 0 Å². The summed E-state index contributed by atoms with van der Waals surface area (Å²) in [7, 11) is -2.63. The van der Waals surface area contributed by atoms with E-state index in [1.54, 1.807) is 0 Å². The molecule has 2 amide bonds. The average Bonchev–Trinajstić information content (AvgIpc) is 2.77. The van der Waals surface area contributed by atoms with E-state index in [4.69, 9.17) is 5.73 Å². The molecule has 10 heteroatoms. The van der Waals surface area contributed by atoms with Crippen molar-refractivity contribution in [2.24, 2.45) is 0 Å². The zero-order valence-corrected chi connectivity index (χ0v) is 10.9. The molecule has 9 nitrogen and oxygen atoms in total. The Hall–Kier alpha value is -1.94. The summed E-state index contributed by atoms with van der Waals surface area (Å²) in [6.45, 7) is 0. The van der Waals surface area contributed by atoms with E-state index in [1.807, 2.05) is 0 Å². The molecule has 104 valence electrons. The molecule has 1 saturated heterocycles. The molecule has 0 aliphatic carbocycles. The fourth-order valence-electron chi connectivity index (χ4n) is 1.77. The number of carbonyl (C=O) groups is 2. The maximum atomic E-state index is 12.0. The number of imide groups is 1. The number of nitrogens with two attached hydrogens (primary N) is 1. The van der Waals surface area contributed by atoms with Crippen LogP contribution in [0.3, 0.4) is 0 Å². The van der Waals surface area contributed by atoms with Crippen LogP contribution in [-0.4, -0.2) is 48.4 Å². The Bertz CT molecular complexity index is 622. The standard InChI is InChI=1S/C9H13N5O4S/c1-14-7(15)3-2-5(9(14)16)13-19(17,18)6-4-11-12-8(6)10/h4-5,13H,2-3H2,1H3,(H3,10,11,12). The summed E-state index contributed by atoms with van der Waals surface area (Å²) in [5.41, 5.74) is 5.43. The number of nitrogens with one attached hydrogen (secondary N) is 2. The van der Waals surface area contributed by atoms with E-state index in [0.29, 0.717) is 0 Å². The Balaban J connectivity index is 2.20. The SMILES string of the molecule is CN1C(=O)CCC(NS(=O)(=O)c2cn[nH]c2N)C1=O. The zero-order valence-electron chi connectivity index (χ0n) is 10.1. The van der Waals surface area contributed by atoms with Crippen molar-refractivity contribution in [3.8, 4) is 0 Å². The van der Waals surface area contributed by atoms with Crippen LogP contribution in [0.5, 0.6) is 0 Å². The molecule has 1 aliphatic heterocycles. The highest BCUT2D eigenvalue weighted by molar-refractivity contribution is 7.89. The lowest BCUT2D eigenvalue weighted by molar-refractivity contribution is -0.147. The predicted octanol–water partition coefficient (Wildman–Crippen LogP) is -1.58. The van der Waals surface area contributed by atoms with Crippen LogP contribution in [0, 0.1) is 0 Å². The summed E-state index contributed by atoms with van der Waals surface area (Å²) in [5, 5.41) is 5.81. The molecule has 0 spiro atoms. The number of hydrogen-bond donors (Lipinski definition) is 3. The molecular weight excluding hydrogens is 274 g/mol. The summed E-state index contributed by atoms with van der Waals surface area (Å²) in [4.78, 5) is 23.8. The Labute approximate surface area is 109 Å². The molecule has 0 saturated carbocycles. The van der Waals surface area contributed by atoms with Crippen molar-refractivity contribution in [1.29, 1.82) is 0 Å². The summed E-state index contributed by atoms with van der Waals surface area (Å²) in [5.74, 6) is -1.02. The number of sulfonamides is 1. The van der Waals surface area contributed by atoms with Crippen LogP contribution in [0.25, 0.3) is 0 Å². The van der Waals surface area contributed by atoms with Crippen LogP contribution in [0.4, 0.5) is 5.82 Å². The fourth-order valence-corrected chi connectivity index (χ4v) is 3.02. The van der Waals surface area contributed by atoms with Gasteiger partial charge in [0.1, 0.15) is 16.8 Å². The largest absolute Gasteiger partial charge is 0.383 e. The molecule has 2 heterocycles. The second kappa shape index (κ2) is 4.63. The minimum Gasteiger partial charge on any atom is -0.383 e. The molecule has 2 rings (SSSR count). The van der Waals surface area contributed by atoms with Gasteiger partial charge in [0.2, 0.25) is 21.8 Å². The van der Waals surface area contributed by atoms with Gasteiger partial charge in [0.25, 0.3) is 0 Å². The third kappa shape index (κ3) is 2.44. The first-order valence-corrected chi connectivity index (χ1v) is 6.93. The van der Waals surface area contributed by atoms with Gasteiger partial charge in [-0.3, -0.25) is 19.6 Å². The number of aromatic amines is 1. The van der Waals surface area contributed by atoms with Gasteiger partial charge in [-0.1, -0.05) is 0 Å². The van der Waals surface area contributed by atoms with Gasteiger partial charge >= 0.3 is 0 Å². The van der Waals surface area contributed by atoms with E-state index < -0.39 is 22.0 Å². The molecule has 19 heavy (non-hydrogen) atoms. The summed E-state index contributed by atoms with van der Waals surface area (Å²) >= 11 is 0. The summed E-state index contributed by atoms with van der Waals surface area (Å²) < 4.78 is 26.2. The van der Waals surface area contributed by atoms with Gasteiger partial charge in [-0.15, -0.1) is 0 Å². The highest BCUT2D eigenvalue weighted by atomic mass is 32.2. The van der Waals surface area contributed by atoms with Crippen LogP contribution in [-0.2, 0) is 19.6 Å². The molecule has 1 aliphatic rings. The second-order valence-corrected chi connectivity index (χ2v) is 5.83. The van der Waals surface area contributed by atoms with Crippen molar-refractivity contribution < 1.29 is 18.0 Å². The van der Waals surface area contributed by atoms with Crippen LogP contribution < -0.4 is 10.5 Å². The van der Waals surface area contributed by atoms with Gasteiger partial charge in [-0.05, 0) is 6.42 Å². The molecule has 1 aromatic rings. The van der Waals surface area contributed by atoms with E-state index in [1.165, 1.54) is 7.05 Å². The molecule has 1 unspecified atom stereocenters. The van der Waals surface area contributed by atoms with Crippen molar-refractivity contribution in [3.63, 3.8) is 0 Å². The van der Waals surface area contributed by atoms with Gasteiger partial charge in [-0.25, -0.2) is 8.42 Å². The molecule has 0 radical (unpaired) electrons. The van der Waals surface area contributed by atoms with E-state index in [0.717, 1.165) is 11.1 Å². The van der Waals surface area contributed by atoms with Crippen molar-refractivity contribution >= 4 is 27.7 Å². The first kappa shape index (κ1) is 13.5. The zero-order chi connectivity index (χ0) is 14.2. The quantitative estimate of drug-likeness (QED) is 0.573. The molecule has 1 aromatic heterocycles. The predicted molar refractivity (Wildman–Crippen MR) is 64.1 cm³/mol. The average molecular weight is 287 g/mol. The Morgan fingerprint density at radius 2 is 2.21 bits per heavy atom. The molecule has 4 N–H and O–H groups in total. The number of anilines is 1. The van der Waals surface area contributed by atoms with Crippen molar-refractivity contribution in [2.75, 3.05) is 12.8 Å². The Morgan fingerprint density at radius 3 is 2.79 bits per heavy atom. The lowest BCUT2D eigenvalue weighted by Gasteiger charge is -2.27. The lowest BCUT2D eigenvalue weighted by Crippen LogP contribution is -2.52. The number of amides is 2. The number of rotatable bonds is 3. The number of carbonyl (C=O) groups excluding carboxylic acids is 2. The third-order valence-corrected chi connectivity index (χ3v) is 4.37. The highest BCUT2D eigenvalue weighted by Gasteiger charge is 2.35. The number of likely N-dealkylation sites (tertiary alicyclic amines) is 1. The van der Waals surface area contributed by atoms with Crippen LogP contribution in [0.2, 0.25) is 0 Å². The van der Waals surface area contributed by atoms with E-state index in [2.05, 4.69) is 14.9 Å². The number of nitrogens with zero attached hydrogens (tertiary/aromatic N) is 2. The van der Waals surface area contributed by atoms with Gasteiger partial charge < -0.3 is 5.73 Å². The second-order valence-electron chi connectivity index (χ2n) is 4.15. The fraction of sp³-hybridized carbons (Fsp3) is 0.444. The first-order chi connectivity index (χ1) is 8.83. The smallest absolute Gasteiger partial charge is 0.247 e. The van der Waals surface area contributed by atoms with Gasteiger partial charge in [-0.2, -0.15) is 9.82 Å². The monoisotopic (exact) mass is 287 g/mol. The van der Waals surface area contributed by atoms with E-state index in [-0.39, 0.29) is 29.5 Å². The number of H-pyrrole nitrogens is 1. The number of piperidine rings is 1. The van der Waals surface area contributed by atoms with E-state index in [9.17, 15) is 18.0 Å². The Morgan fingerprint density at radius 1 is 1.53 bits per heavy atom. The van der Waals surface area contributed by atoms with Crippen LogP contribution in [0.15, 0.2) is 11.1 Å². The molecule has 1 atom stereocenters. The number of aromatic nitrogens is 2. The molecule has 0 aromatic carbocycles. The lowest BCUT2D eigenvalue weighted by atomic mass is 10.1. The number of likely N-dealkylation sites (N-methyl/N-ethyl adjacent to an activating group) is 1. The minimum absolute atomic E-state index is 0.107. The summed E-state index contributed by atoms with van der Waals surface area (Å²) in [6.07, 6.45) is 1.29. The van der Waals surface area contributed by atoms with Crippen molar-refractivity contribution in [3.05, 3.63) is 6.20 Å². The highest BCUT2D eigenvalue weighted by Crippen LogP contribution is 2.18. The van der Waals surface area contributed by atoms with E-state index >= 15 is 0 Å². The summed E-state index contributed by atoms with van der Waals surface area (Å²) in [6, 6.07) is -0.970. The van der Waals surface area contributed by atoms with Crippen LogP contribution in [0.1, 0.15) is 12.8 Å². The third-order valence-electron chi connectivity index (χ3n) is 2.87. The van der Waals surface area contributed by atoms with Gasteiger partial charge in [0.05, 0.1) is 6.20 Å². The van der Waals surface area contributed by atoms with Gasteiger partial charge in [0, 0.05) is 13.5 Å².